The first-order chi connectivity index (χ1) is 36.1. The van der Waals surface area contributed by atoms with Crippen LogP contribution in [0.15, 0.2) is 75.3 Å². The van der Waals surface area contributed by atoms with Crippen LogP contribution in [-0.2, 0) is 57.6 Å². The molecule has 0 spiro atoms. The lowest BCUT2D eigenvalue weighted by Gasteiger charge is -2.32. The summed E-state index contributed by atoms with van der Waals surface area (Å²) in [5.41, 5.74) is 0.118. The van der Waals surface area contributed by atoms with Crippen LogP contribution in [-0.4, -0.2) is 130 Å². The summed E-state index contributed by atoms with van der Waals surface area (Å²) in [6.45, 7) is 16.2. The van der Waals surface area contributed by atoms with E-state index in [1.165, 1.54) is 40.3 Å². The predicted octanol–water partition coefficient (Wildman–Crippen LogP) is 9.30. The molecule has 4 N–H and O–H groups in total. The number of unbranched alkanes of at least 4 members (excludes halogenated alkanes) is 1. The molecule has 5 amide bonds. The van der Waals surface area contributed by atoms with Crippen LogP contribution in [0, 0.1) is 0 Å². The zero-order chi connectivity index (χ0) is 56.8. The molecule has 19 nitrogen and oxygen atoms in total. The molecular weight excluding hydrogens is 1100 g/mol. The van der Waals surface area contributed by atoms with E-state index in [0.717, 1.165) is 5.56 Å². The third-order valence-electron chi connectivity index (χ3n) is 12.0. The Morgan fingerprint density at radius 1 is 0.844 bits per heavy atom. The van der Waals surface area contributed by atoms with Crippen molar-refractivity contribution in [3.8, 4) is 0 Å². The van der Waals surface area contributed by atoms with Crippen molar-refractivity contribution >= 4 is 92.2 Å². The molecule has 0 aliphatic carbocycles. The van der Waals surface area contributed by atoms with Gasteiger partial charge in [-0.3, -0.25) is 23.7 Å². The zero-order valence-electron chi connectivity index (χ0n) is 45.9. The second kappa shape index (κ2) is 27.6. The molecule has 3 heterocycles. The summed E-state index contributed by atoms with van der Waals surface area (Å²) in [4.78, 5) is 105. The number of benzene rings is 2. The standard InChI is InChI=1S/C55H74BrClN8O11S/c1-53(2,3)74-50(70)59-26-15-14-20-41-49(69)63(10)43(30-35-33-65(52(72)76-55(7,8)9)42-22-13-12-19-36(35)42)47(68)61-32-37-38(56)23-24-39(57)45(37)77-48-34(18-16-27-58-48)31-60-40(46(67)62-41)21-17-28-64(29-25-44(66)73-11)51(71)75-54(4,5)6/h12-13,16,18-19,22-24,27,33,40-41,43,60H,14-15,17,20-21,25-26,28-32H2,1-11H3,(H,59,70)(H,61,68)(H,62,67)/t40-,41-,43-/m0/s1. The van der Waals surface area contributed by atoms with Gasteiger partial charge in [-0.25, -0.2) is 19.4 Å². The highest BCUT2D eigenvalue weighted by molar-refractivity contribution is 9.10. The van der Waals surface area contributed by atoms with Gasteiger partial charge in [0.2, 0.25) is 17.7 Å². The normalized spacial score (nSPS) is 17.0. The summed E-state index contributed by atoms with van der Waals surface area (Å²) in [7, 11) is 2.77. The minimum atomic E-state index is -1.21. The molecule has 0 fully saturated rings. The number of esters is 1. The SMILES string of the molecule is COC(=O)CCN(CCC[C@@H]1NCc2cccnc2Sc2c(Cl)ccc(Br)c2CNC(=O)[C@H](Cc2cn(C(=O)OC(C)(C)C)c3ccccc23)N(C)C(=O)[C@H](CCCCNC(=O)OC(C)(C)C)NC1=O)C(=O)OC(C)(C)C. The molecular formula is C55H74BrClN8O11S. The van der Waals surface area contributed by atoms with Crippen molar-refractivity contribution in [2.45, 2.75) is 165 Å². The average Bonchev–Trinajstić information content (AvgIpc) is 3.71. The van der Waals surface area contributed by atoms with Crippen molar-refractivity contribution in [2.75, 3.05) is 33.8 Å². The number of amides is 5. The number of hydrogen-bond donors (Lipinski definition) is 4. The smallest absolute Gasteiger partial charge is 0.419 e. The molecule has 0 saturated heterocycles. The van der Waals surface area contributed by atoms with Crippen molar-refractivity contribution in [3.05, 3.63) is 87.1 Å². The van der Waals surface area contributed by atoms with E-state index in [-0.39, 0.29) is 64.8 Å². The fourth-order valence-electron chi connectivity index (χ4n) is 8.28. The predicted molar refractivity (Wildman–Crippen MR) is 298 cm³/mol. The number of aromatic nitrogens is 2. The Hall–Kier alpha value is -5.90. The summed E-state index contributed by atoms with van der Waals surface area (Å²) in [5.74, 6) is -2.16. The zero-order valence-corrected chi connectivity index (χ0v) is 49.1. The lowest BCUT2D eigenvalue weighted by Crippen LogP contribution is -2.57. The fourth-order valence-corrected chi connectivity index (χ4v) is 10.2. The third-order valence-corrected chi connectivity index (χ3v) is 14.4. The summed E-state index contributed by atoms with van der Waals surface area (Å²) in [6, 6.07) is 11.0. The van der Waals surface area contributed by atoms with E-state index in [2.05, 4.69) is 37.2 Å². The van der Waals surface area contributed by atoms with Crippen molar-refractivity contribution in [1.29, 1.82) is 0 Å². The van der Waals surface area contributed by atoms with Crippen LogP contribution < -0.4 is 21.3 Å². The first-order valence-corrected chi connectivity index (χ1v) is 27.6. The van der Waals surface area contributed by atoms with Gasteiger partial charge in [-0.15, -0.1) is 0 Å². The Labute approximate surface area is 469 Å². The molecule has 4 aromatic rings. The van der Waals surface area contributed by atoms with Gasteiger partial charge in [-0.1, -0.05) is 63.6 Å². The van der Waals surface area contributed by atoms with E-state index >= 15 is 4.79 Å². The van der Waals surface area contributed by atoms with E-state index < -0.39 is 76.9 Å². The summed E-state index contributed by atoms with van der Waals surface area (Å²) in [6.07, 6.45) is 2.52. The molecule has 1 aliphatic rings. The maximum atomic E-state index is 15.3. The molecule has 5 rings (SSSR count). The molecule has 0 bridgehead atoms. The first-order valence-electron chi connectivity index (χ1n) is 25.6. The van der Waals surface area contributed by atoms with Gasteiger partial charge in [0.25, 0.3) is 0 Å². The van der Waals surface area contributed by atoms with Gasteiger partial charge >= 0.3 is 24.2 Å². The molecule has 2 aromatic heterocycles. The molecule has 0 saturated carbocycles. The number of para-hydroxylation sites is 1. The number of rotatable bonds is 14. The van der Waals surface area contributed by atoms with E-state index in [0.29, 0.717) is 54.3 Å². The van der Waals surface area contributed by atoms with Crippen LogP contribution in [0.4, 0.5) is 14.4 Å². The lowest BCUT2D eigenvalue weighted by molar-refractivity contribution is -0.142. The number of carbonyl (C=O) groups is 7. The molecule has 420 valence electrons. The number of alkyl carbamates (subject to hydrolysis) is 1. The highest BCUT2D eigenvalue weighted by atomic mass is 79.9. The molecule has 0 unspecified atom stereocenters. The quantitative estimate of drug-likeness (QED) is 0.0524. The van der Waals surface area contributed by atoms with E-state index in [1.807, 2.05) is 18.2 Å². The van der Waals surface area contributed by atoms with E-state index in [1.54, 1.807) is 105 Å². The monoisotopic (exact) mass is 1170 g/mol. The maximum Gasteiger partial charge on any atom is 0.419 e. The Bertz CT molecular complexity index is 2760. The number of fused-ring (bicyclic) bond motifs is 3. The highest BCUT2D eigenvalue weighted by Crippen LogP contribution is 2.40. The van der Waals surface area contributed by atoms with Crippen LogP contribution in [0.5, 0.6) is 0 Å². The highest BCUT2D eigenvalue weighted by Gasteiger charge is 2.35. The van der Waals surface area contributed by atoms with Gasteiger partial charge in [0.15, 0.2) is 0 Å². The summed E-state index contributed by atoms with van der Waals surface area (Å²) in [5, 5.41) is 13.9. The van der Waals surface area contributed by atoms with Crippen LogP contribution in [0.3, 0.4) is 0 Å². The number of halogens is 2. The van der Waals surface area contributed by atoms with Crippen LogP contribution >= 0.6 is 39.3 Å². The Morgan fingerprint density at radius 2 is 1.53 bits per heavy atom. The molecule has 0 radical (unpaired) electrons. The third kappa shape index (κ3) is 18.9. The Balaban J connectivity index is 1.59. The first kappa shape index (κ1) is 61.9. The van der Waals surface area contributed by atoms with Gasteiger partial charge in [0, 0.05) is 78.9 Å². The number of carbonyl (C=O) groups excluding carboxylic acids is 7. The van der Waals surface area contributed by atoms with Gasteiger partial charge in [-0.2, -0.15) is 0 Å². The molecule has 22 heteroatoms. The maximum absolute atomic E-state index is 15.3. The topological polar surface area (TPSA) is 229 Å². The summed E-state index contributed by atoms with van der Waals surface area (Å²) < 4.78 is 23.7. The van der Waals surface area contributed by atoms with Gasteiger partial charge < -0.3 is 50.0 Å². The molecule has 2 aromatic carbocycles. The van der Waals surface area contributed by atoms with Crippen molar-refractivity contribution in [2.24, 2.45) is 0 Å². The average molecular weight is 1170 g/mol. The Kier molecular flexibility index (Phi) is 22.2. The number of hydrogen-bond acceptors (Lipinski definition) is 14. The second-order valence-electron chi connectivity index (χ2n) is 21.7. The number of likely N-dealkylation sites (N-methyl/N-ethyl adjacent to an activating group) is 1. The second-order valence-corrected chi connectivity index (χ2v) is 23.9. The van der Waals surface area contributed by atoms with Crippen LogP contribution in [0.2, 0.25) is 5.02 Å². The minimum absolute atomic E-state index is 0.00422. The minimum Gasteiger partial charge on any atom is -0.469 e. The van der Waals surface area contributed by atoms with E-state index in [4.69, 9.17) is 35.5 Å². The number of nitrogens with zero attached hydrogens (tertiary/aromatic N) is 4. The van der Waals surface area contributed by atoms with Crippen LogP contribution in [0.1, 0.15) is 118 Å². The lowest BCUT2D eigenvalue weighted by atomic mass is 10.0. The molecule has 3 atom stereocenters. The van der Waals surface area contributed by atoms with Crippen molar-refractivity contribution in [1.82, 2.24) is 40.6 Å². The van der Waals surface area contributed by atoms with E-state index in [9.17, 15) is 28.8 Å². The van der Waals surface area contributed by atoms with Gasteiger partial charge in [-0.05, 0) is 130 Å². The summed E-state index contributed by atoms with van der Waals surface area (Å²) >= 11 is 11.9. The number of methoxy groups -OCH3 is 1. The molecule has 1 aliphatic heterocycles. The number of nitrogens with one attached hydrogen (secondary N) is 4. The molecule has 77 heavy (non-hydrogen) atoms. The van der Waals surface area contributed by atoms with Crippen molar-refractivity contribution in [3.63, 3.8) is 0 Å². The largest absolute Gasteiger partial charge is 0.469 e. The Morgan fingerprint density at radius 3 is 2.22 bits per heavy atom. The van der Waals surface area contributed by atoms with Crippen LogP contribution in [0.25, 0.3) is 10.9 Å². The van der Waals surface area contributed by atoms with Crippen molar-refractivity contribution < 1.29 is 52.5 Å². The fraction of sp³-hybridized carbons (Fsp3) is 0.527. The number of pyridine rings is 1. The van der Waals surface area contributed by atoms with Gasteiger partial charge in [0.1, 0.15) is 33.9 Å². The number of ether oxygens (including phenoxy) is 4. The van der Waals surface area contributed by atoms with Gasteiger partial charge in [0.05, 0.1) is 30.1 Å².